The molecule has 2 nitrogen and oxygen atoms in total. The van der Waals surface area contributed by atoms with Gasteiger partial charge in [0.25, 0.3) is 0 Å². The smallest absolute Gasteiger partial charge is 0.194 e. The zero-order valence-corrected chi connectivity index (χ0v) is 10.1. The lowest BCUT2D eigenvalue weighted by molar-refractivity contribution is 0.101. The summed E-state index contributed by atoms with van der Waals surface area (Å²) in [6.45, 7) is 2.82. The van der Waals surface area contributed by atoms with E-state index in [1.165, 1.54) is 0 Å². The van der Waals surface area contributed by atoms with Gasteiger partial charge in [-0.3, -0.25) is 0 Å². The molecule has 0 aliphatic carbocycles. The molecule has 3 atom stereocenters. The second kappa shape index (κ2) is 5.28. The molecule has 18 heavy (non-hydrogen) atoms. The maximum Gasteiger partial charge on any atom is 0.194 e. The molecule has 2 N–H and O–H groups in total. The maximum atomic E-state index is 13.1. The fraction of sp³-hybridized carbons (Fsp3) is 0.538. The molecule has 1 aromatic carbocycles. The second-order valence-electron chi connectivity index (χ2n) is 4.93. The number of benzene rings is 1. The van der Waals surface area contributed by atoms with Crippen LogP contribution in [0, 0.1) is 23.4 Å². The Hall–Kier alpha value is -1.07. The first-order chi connectivity index (χ1) is 8.49. The number of hydrogen-bond acceptors (Lipinski definition) is 2. The molecule has 1 fully saturated rings. The fourth-order valence-corrected chi connectivity index (χ4v) is 2.37. The number of nitrogens with one attached hydrogen (secondary N) is 1. The first-order valence-corrected chi connectivity index (χ1v) is 6.05. The molecular formula is C13H16F3NO. The highest BCUT2D eigenvalue weighted by molar-refractivity contribution is 5.23. The van der Waals surface area contributed by atoms with E-state index >= 15 is 0 Å². The van der Waals surface area contributed by atoms with Crippen LogP contribution in [0.25, 0.3) is 0 Å². The van der Waals surface area contributed by atoms with E-state index in [4.69, 9.17) is 0 Å². The summed E-state index contributed by atoms with van der Waals surface area (Å²) in [6.07, 6.45) is 0.703. The number of piperidine rings is 1. The molecular weight excluding hydrogens is 243 g/mol. The Balaban J connectivity index is 2.20. The summed E-state index contributed by atoms with van der Waals surface area (Å²) < 4.78 is 39.0. The van der Waals surface area contributed by atoms with Gasteiger partial charge in [-0.15, -0.1) is 0 Å². The Morgan fingerprint density at radius 2 is 1.89 bits per heavy atom. The van der Waals surface area contributed by atoms with Gasteiger partial charge in [0.1, 0.15) is 0 Å². The van der Waals surface area contributed by atoms with Crippen molar-refractivity contribution in [2.75, 3.05) is 6.54 Å². The fourth-order valence-electron chi connectivity index (χ4n) is 2.37. The zero-order chi connectivity index (χ0) is 13.3. The van der Waals surface area contributed by atoms with Crippen molar-refractivity contribution in [1.29, 1.82) is 0 Å². The molecule has 1 saturated heterocycles. The van der Waals surface area contributed by atoms with Gasteiger partial charge in [0.15, 0.2) is 17.5 Å². The van der Waals surface area contributed by atoms with Crippen LogP contribution < -0.4 is 5.32 Å². The van der Waals surface area contributed by atoms with Crippen molar-refractivity contribution in [3.05, 3.63) is 35.1 Å². The molecule has 0 saturated carbocycles. The SMILES string of the molecule is CC1CCNC(C(O)c2cc(F)c(F)c(F)c2)C1. The van der Waals surface area contributed by atoms with E-state index in [0.29, 0.717) is 5.92 Å². The van der Waals surface area contributed by atoms with Gasteiger partial charge in [0, 0.05) is 6.04 Å². The minimum absolute atomic E-state index is 0.0676. The lowest BCUT2D eigenvalue weighted by atomic mass is 9.89. The summed E-state index contributed by atoms with van der Waals surface area (Å²) in [5.74, 6) is -3.60. The van der Waals surface area contributed by atoms with E-state index < -0.39 is 23.6 Å². The summed E-state index contributed by atoms with van der Waals surface area (Å²) in [5, 5.41) is 13.2. The van der Waals surface area contributed by atoms with Crippen LogP contribution in [0.3, 0.4) is 0 Å². The highest BCUT2D eigenvalue weighted by Gasteiger charge is 2.27. The topological polar surface area (TPSA) is 32.3 Å². The van der Waals surface area contributed by atoms with Crippen molar-refractivity contribution in [3.8, 4) is 0 Å². The largest absolute Gasteiger partial charge is 0.387 e. The molecule has 1 heterocycles. The van der Waals surface area contributed by atoms with Gasteiger partial charge < -0.3 is 10.4 Å². The monoisotopic (exact) mass is 259 g/mol. The van der Waals surface area contributed by atoms with Crippen LogP contribution in [-0.4, -0.2) is 17.7 Å². The molecule has 0 spiro atoms. The molecule has 1 aliphatic heterocycles. The minimum atomic E-state index is -1.50. The summed E-state index contributed by atoms with van der Waals surface area (Å²) in [6, 6.07) is 1.45. The molecule has 2 rings (SSSR count). The van der Waals surface area contributed by atoms with Crippen molar-refractivity contribution < 1.29 is 18.3 Å². The molecule has 5 heteroatoms. The predicted octanol–water partition coefficient (Wildman–Crippen LogP) is 2.53. The Morgan fingerprint density at radius 1 is 1.28 bits per heavy atom. The van der Waals surface area contributed by atoms with Crippen molar-refractivity contribution in [2.24, 2.45) is 5.92 Å². The number of hydrogen-bond donors (Lipinski definition) is 2. The third-order valence-electron chi connectivity index (χ3n) is 3.43. The van der Waals surface area contributed by atoms with Gasteiger partial charge in [-0.05, 0) is 43.0 Å². The van der Waals surface area contributed by atoms with Gasteiger partial charge in [0.2, 0.25) is 0 Å². The maximum absolute atomic E-state index is 13.1. The van der Waals surface area contributed by atoms with Crippen molar-refractivity contribution in [2.45, 2.75) is 31.9 Å². The van der Waals surface area contributed by atoms with Crippen LogP contribution in [0.5, 0.6) is 0 Å². The van der Waals surface area contributed by atoms with E-state index in [0.717, 1.165) is 31.5 Å². The summed E-state index contributed by atoms with van der Waals surface area (Å²) in [4.78, 5) is 0. The van der Waals surface area contributed by atoms with E-state index in [1.54, 1.807) is 0 Å². The third kappa shape index (κ3) is 2.67. The summed E-state index contributed by atoms with van der Waals surface area (Å²) in [7, 11) is 0. The van der Waals surface area contributed by atoms with Crippen molar-refractivity contribution >= 4 is 0 Å². The number of aliphatic hydroxyl groups is 1. The Bertz CT molecular complexity index is 415. The van der Waals surface area contributed by atoms with Gasteiger partial charge in [-0.1, -0.05) is 6.92 Å². The minimum Gasteiger partial charge on any atom is -0.387 e. The van der Waals surface area contributed by atoms with Gasteiger partial charge >= 0.3 is 0 Å². The zero-order valence-electron chi connectivity index (χ0n) is 10.1. The molecule has 0 amide bonds. The lowest BCUT2D eigenvalue weighted by Crippen LogP contribution is -2.41. The quantitative estimate of drug-likeness (QED) is 0.800. The Morgan fingerprint density at radius 3 is 2.44 bits per heavy atom. The number of aliphatic hydroxyl groups excluding tert-OH is 1. The first kappa shape index (κ1) is 13.4. The Labute approximate surface area is 104 Å². The number of halogens is 3. The lowest BCUT2D eigenvalue weighted by Gasteiger charge is -2.31. The Kier molecular flexibility index (Phi) is 3.92. The normalized spacial score (nSPS) is 26.1. The van der Waals surface area contributed by atoms with E-state index in [9.17, 15) is 18.3 Å². The predicted molar refractivity (Wildman–Crippen MR) is 61.5 cm³/mol. The highest BCUT2D eigenvalue weighted by atomic mass is 19.2. The van der Waals surface area contributed by atoms with Crippen LogP contribution in [0.4, 0.5) is 13.2 Å². The van der Waals surface area contributed by atoms with Gasteiger partial charge in [-0.2, -0.15) is 0 Å². The molecule has 0 radical (unpaired) electrons. The average molecular weight is 259 g/mol. The number of rotatable bonds is 2. The van der Waals surface area contributed by atoms with Crippen molar-refractivity contribution in [1.82, 2.24) is 5.32 Å². The van der Waals surface area contributed by atoms with Gasteiger partial charge in [0.05, 0.1) is 6.10 Å². The van der Waals surface area contributed by atoms with Crippen LogP contribution >= 0.6 is 0 Å². The molecule has 0 aromatic heterocycles. The summed E-state index contributed by atoms with van der Waals surface area (Å²) in [5.41, 5.74) is 0.0676. The average Bonchev–Trinajstić information content (AvgIpc) is 2.34. The van der Waals surface area contributed by atoms with Gasteiger partial charge in [-0.25, -0.2) is 13.2 Å². The van der Waals surface area contributed by atoms with E-state index in [-0.39, 0.29) is 11.6 Å². The van der Waals surface area contributed by atoms with E-state index in [1.807, 2.05) is 0 Å². The molecule has 1 aliphatic rings. The molecule has 3 unspecified atom stereocenters. The van der Waals surface area contributed by atoms with Crippen molar-refractivity contribution in [3.63, 3.8) is 0 Å². The highest BCUT2D eigenvalue weighted by Crippen LogP contribution is 2.27. The molecule has 100 valence electrons. The van der Waals surface area contributed by atoms with Crippen LogP contribution in [0.15, 0.2) is 12.1 Å². The van der Waals surface area contributed by atoms with E-state index in [2.05, 4.69) is 12.2 Å². The summed E-state index contributed by atoms with van der Waals surface area (Å²) >= 11 is 0. The second-order valence-corrected chi connectivity index (χ2v) is 4.93. The standard InChI is InChI=1S/C13H16F3NO/c1-7-2-3-17-11(4-7)13(18)8-5-9(14)12(16)10(15)6-8/h5-7,11,13,17-18H,2-4H2,1H3. The van der Waals surface area contributed by atoms with Crippen LogP contribution in [0.1, 0.15) is 31.4 Å². The first-order valence-electron chi connectivity index (χ1n) is 6.05. The molecule has 0 bridgehead atoms. The van der Waals surface area contributed by atoms with Crippen LogP contribution in [0.2, 0.25) is 0 Å². The third-order valence-corrected chi connectivity index (χ3v) is 3.43. The molecule has 1 aromatic rings. The van der Waals surface area contributed by atoms with Crippen LogP contribution in [-0.2, 0) is 0 Å².